The first kappa shape index (κ1) is 12.1. The molecule has 17 heavy (non-hydrogen) atoms. The minimum absolute atomic E-state index is 0.246. The molecule has 86 valence electrons. The number of aromatic amines is 1. The van der Waals surface area contributed by atoms with E-state index in [-0.39, 0.29) is 6.42 Å². The lowest BCUT2D eigenvalue weighted by molar-refractivity contribution is 0.986. The maximum Gasteiger partial charge on any atom is 0.164 e. The zero-order valence-corrected chi connectivity index (χ0v) is 11.3. The molecule has 0 unspecified atom stereocenters. The van der Waals surface area contributed by atoms with E-state index in [1.165, 1.54) is 0 Å². The number of aromatic nitrogens is 3. The van der Waals surface area contributed by atoms with Crippen molar-refractivity contribution >= 4 is 27.7 Å². The topological polar surface area (TPSA) is 65.4 Å². The summed E-state index contributed by atoms with van der Waals surface area (Å²) in [6, 6.07) is 10.0. The van der Waals surface area contributed by atoms with Crippen molar-refractivity contribution in [2.45, 2.75) is 17.1 Å². The fourth-order valence-electron chi connectivity index (χ4n) is 1.26. The van der Waals surface area contributed by atoms with Gasteiger partial charge in [-0.2, -0.15) is 10.4 Å². The molecule has 0 aliphatic rings. The summed E-state index contributed by atoms with van der Waals surface area (Å²) in [6.45, 7) is 0. The van der Waals surface area contributed by atoms with E-state index in [2.05, 4.69) is 31.1 Å². The molecule has 0 saturated carbocycles. The summed E-state index contributed by atoms with van der Waals surface area (Å²) in [5, 5.41) is 15.3. The summed E-state index contributed by atoms with van der Waals surface area (Å²) in [6.07, 6.45) is 0.246. The Morgan fingerprint density at radius 3 is 3.00 bits per heavy atom. The van der Waals surface area contributed by atoms with Crippen LogP contribution in [0.2, 0.25) is 0 Å². The standard InChI is InChI=1S/C11H9BrN4S/c12-8-3-1-2-4-9(8)17-7-11-14-10(5-6-13)15-16-11/h1-4H,5,7H2,(H,14,15,16). The second-order valence-electron chi connectivity index (χ2n) is 3.25. The Bertz CT molecular complexity index is 546. The Hall–Kier alpha value is -1.32. The second kappa shape index (κ2) is 5.84. The summed E-state index contributed by atoms with van der Waals surface area (Å²) in [4.78, 5) is 5.38. The highest BCUT2D eigenvalue weighted by molar-refractivity contribution is 9.10. The van der Waals surface area contributed by atoms with Crippen molar-refractivity contribution in [3.05, 3.63) is 40.4 Å². The fraction of sp³-hybridized carbons (Fsp3) is 0.182. The third-order valence-electron chi connectivity index (χ3n) is 2.02. The molecule has 0 saturated heterocycles. The Balaban J connectivity index is 1.98. The van der Waals surface area contributed by atoms with Gasteiger partial charge in [-0.3, -0.25) is 5.10 Å². The predicted octanol–water partition coefficient (Wildman–Crippen LogP) is 2.93. The van der Waals surface area contributed by atoms with Crippen LogP contribution in [0.25, 0.3) is 0 Å². The minimum Gasteiger partial charge on any atom is -0.262 e. The van der Waals surface area contributed by atoms with E-state index in [0.717, 1.165) is 15.2 Å². The maximum atomic E-state index is 8.52. The number of nitrogens with one attached hydrogen (secondary N) is 1. The van der Waals surface area contributed by atoms with E-state index in [1.807, 2.05) is 30.3 Å². The van der Waals surface area contributed by atoms with Gasteiger partial charge in [0.1, 0.15) is 5.82 Å². The van der Waals surface area contributed by atoms with Gasteiger partial charge in [0.15, 0.2) is 5.82 Å². The van der Waals surface area contributed by atoms with Crippen LogP contribution in [0.4, 0.5) is 0 Å². The van der Waals surface area contributed by atoms with E-state index < -0.39 is 0 Å². The van der Waals surface area contributed by atoms with Crippen molar-refractivity contribution in [1.29, 1.82) is 5.26 Å². The third-order valence-corrected chi connectivity index (χ3v) is 4.05. The molecular formula is C11H9BrN4S. The molecule has 4 nitrogen and oxygen atoms in total. The Morgan fingerprint density at radius 1 is 1.41 bits per heavy atom. The van der Waals surface area contributed by atoms with Crippen LogP contribution in [0.1, 0.15) is 11.6 Å². The van der Waals surface area contributed by atoms with Crippen molar-refractivity contribution in [3.63, 3.8) is 0 Å². The highest BCUT2D eigenvalue weighted by Crippen LogP contribution is 2.28. The molecule has 1 heterocycles. The molecule has 1 aromatic carbocycles. The number of thioether (sulfide) groups is 1. The SMILES string of the molecule is N#CCc1n[nH]c(CSc2ccccc2Br)n1. The molecule has 0 fully saturated rings. The summed E-state index contributed by atoms with van der Waals surface area (Å²) in [7, 11) is 0. The number of benzene rings is 1. The lowest BCUT2D eigenvalue weighted by atomic mass is 10.4. The molecule has 2 aromatic rings. The summed E-state index contributed by atoms with van der Waals surface area (Å²) in [5.74, 6) is 2.05. The van der Waals surface area contributed by atoms with Gasteiger partial charge in [0.25, 0.3) is 0 Å². The number of hydrogen-bond donors (Lipinski definition) is 1. The maximum absolute atomic E-state index is 8.52. The normalized spacial score (nSPS) is 10.1. The number of rotatable bonds is 4. The van der Waals surface area contributed by atoms with Crippen molar-refractivity contribution < 1.29 is 0 Å². The van der Waals surface area contributed by atoms with Crippen LogP contribution >= 0.6 is 27.7 Å². The lowest BCUT2D eigenvalue weighted by Crippen LogP contribution is -1.86. The smallest absolute Gasteiger partial charge is 0.164 e. The van der Waals surface area contributed by atoms with Crippen LogP contribution in [-0.4, -0.2) is 15.2 Å². The number of nitriles is 1. The average molecular weight is 309 g/mol. The highest BCUT2D eigenvalue weighted by atomic mass is 79.9. The molecule has 1 aromatic heterocycles. The number of nitrogens with zero attached hydrogens (tertiary/aromatic N) is 3. The molecule has 1 N–H and O–H groups in total. The number of halogens is 1. The van der Waals surface area contributed by atoms with Crippen molar-refractivity contribution in [2.75, 3.05) is 0 Å². The molecule has 0 bridgehead atoms. The fourth-order valence-corrected chi connectivity index (χ4v) is 2.69. The number of hydrogen-bond acceptors (Lipinski definition) is 4. The monoisotopic (exact) mass is 308 g/mol. The van der Waals surface area contributed by atoms with Gasteiger partial charge in [-0.15, -0.1) is 11.8 Å². The molecule has 2 rings (SSSR count). The molecule has 0 aliphatic carbocycles. The molecule has 0 amide bonds. The number of H-pyrrole nitrogens is 1. The average Bonchev–Trinajstić information content (AvgIpc) is 2.76. The van der Waals surface area contributed by atoms with Gasteiger partial charge in [0.2, 0.25) is 0 Å². The van der Waals surface area contributed by atoms with Gasteiger partial charge < -0.3 is 0 Å². The molecule has 0 aliphatic heterocycles. The van der Waals surface area contributed by atoms with E-state index in [0.29, 0.717) is 11.6 Å². The van der Waals surface area contributed by atoms with Gasteiger partial charge in [-0.05, 0) is 28.1 Å². The van der Waals surface area contributed by atoms with Crippen LogP contribution in [0, 0.1) is 11.3 Å². The van der Waals surface area contributed by atoms with Gasteiger partial charge in [-0.1, -0.05) is 12.1 Å². The quantitative estimate of drug-likeness (QED) is 0.882. The first-order chi connectivity index (χ1) is 8.29. The molecule has 0 spiro atoms. The molecule has 0 atom stereocenters. The zero-order chi connectivity index (χ0) is 12.1. The Morgan fingerprint density at radius 2 is 2.24 bits per heavy atom. The molecular weight excluding hydrogens is 300 g/mol. The summed E-state index contributed by atoms with van der Waals surface area (Å²) >= 11 is 5.16. The van der Waals surface area contributed by atoms with Gasteiger partial charge in [-0.25, -0.2) is 4.98 Å². The van der Waals surface area contributed by atoms with Crippen LogP contribution in [0.15, 0.2) is 33.6 Å². The first-order valence-corrected chi connectivity index (χ1v) is 6.72. The molecule has 6 heteroatoms. The van der Waals surface area contributed by atoms with Crippen LogP contribution in [0.3, 0.4) is 0 Å². The van der Waals surface area contributed by atoms with Crippen LogP contribution in [0.5, 0.6) is 0 Å². The van der Waals surface area contributed by atoms with E-state index in [4.69, 9.17) is 5.26 Å². The first-order valence-electron chi connectivity index (χ1n) is 4.94. The molecule has 0 radical (unpaired) electrons. The van der Waals surface area contributed by atoms with Crippen LogP contribution in [-0.2, 0) is 12.2 Å². The zero-order valence-electron chi connectivity index (χ0n) is 8.85. The Kier molecular flexibility index (Phi) is 4.18. The lowest BCUT2D eigenvalue weighted by Gasteiger charge is -2.01. The van der Waals surface area contributed by atoms with Gasteiger partial charge >= 0.3 is 0 Å². The van der Waals surface area contributed by atoms with E-state index in [9.17, 15) is 0 Å². The second-order valence-corrected chi connectivity index (χ2v) is 5.12. The highest BCUT2D eigenvalue weighted by Gasteiger charge is 2.05. The van der Waals surface area contributed by atoms with Gasteiger partial charge in [0.05, 0.1) is 18.2 Å². The summed E-state index contributed by atoms with van der Waals surface area (Å²) in [5.41, 5.74) is 0. The van der Waals surface area contributed by atoms with E-state index >= 15 is 0 Å². The minimum atomic E-state index is 0.246. The van der Waals surface area contributed by atoms with Crippen LogP contribution < -0.4 is 0 Å². The largest absolute Gasteiger partial charge is 0.262 e. The van der Waals surface area contributed by atoms with Crippen molar-refractivity contribution in [1.82, 2.24) is 15.2 Å². The van der Waals surface area contributed by atoms with Crippen molar-refractivity contribution in [3.8, 4) is 6.07 Å². The Labute approximate surface area is 112 Å². The third kappa shape index (κ3) is 3.32. The summed E-state index contributed by atoms with van der Waals surface area (Å²) < 4.78 is 1.07. The van der Waals surface area contributed by atoms with Gasteiger partial charge in [0, 0.05) is 9.37 Å². The van der Waals surface area contributed by atoms with Crippen molar-refractivity contribution in [2.24, 2.45) is 0 Å². The predicted molar refractivity (Wildman–Crippen MR) is 69.4 cm³/mol. The van der Waals surface area contributed by atoms with E-state index in [1.54, 1.807) is 11.8 Å².